The van der Waals surface area contributed by atoms with E-state index >= 15 is 0 Å². The fourth-order valence-electron chi connectivity index (χ4n) is 3.17. The number of nitrogens with one attached hydrogen (secondary N) is 1. The maximum Gasteiger partial charge on any atom is 0.165 e. The van der Waals surface area contributed by atoms with E-state index in [1.165, 1.54) is 12.8 Å². The molecule has 1 spiro atoms. The summed E-state index contributed by atoms with van der Waals surface area (Å²) in [7, 11) is 0. The molecule has 1 saturated carbocycles. The van der Waals surface area contributed by atoms with Crippen molar-refractivity contribution in [3.63, 3.8) is 0 Å². The van der Waals surface area contributed by atoms with E-state index in [0.717, 1.165) is 44.5 Å². The Morgan fingerprint density at radius 1 is 1.44 bits per heavy atom. The van der Waals surface area contributed by atoms with Gasteiger partial charge in [0, 0.05) is 11.5 Å². The first-order valence-corrected chi connectivity index (χ1v) is 6.37. The maximum absolute atomic E-state index is 12.3. The topological polar surface area (TPSA) is 38.3 Å². The van der Waals surface area contributed by atoms with Gasteiger partial charge < -0.3 is 10.1 Å². The summed E-state index contributed by atoms with van der Waals surface area (Å²) < 4.78 is 5.26. The quantitative estimate of drug-likeness (QED) is 0.770. The van der Waals surface area contributed by atoms with Gasteiger partial charge in [-0.25, -0.2) is 0 Å². The van der Waals surface area contributed by atoms with Crippen LogP contribution in [0.25, 0.3) is 0 Å². The Kier molecular flexibility index (Phi) is 2.51. The van der Waals surface area contributed by atoms with Crippen molar-refractivity contribution < 1.29 is 9.53 Å². The van der Waals surface area contributed by atoms with Crippen molar-refractivity contribution in [1.82, 2.24) is 5.32 Å². The van der Waals surface area contributed by atoms with E-state index in [4.69, 9.17) is 4.74 Å². The predicted octanol–water partition coefficient (Wildman–Crippen LogP) is 1.64. The van der Waals surface area contributed by atoms with Gasteiger partial charge in [0.1, 0.15) is 0 Å². The monoisotopic (exact) mass is 221 g/mol. The zero-order valence-corrected chi connectivity index (χ0v) is 9.63. The Morgan fingerprint density at radius 2 is 2.25 bits per heavy atom. The molecule has 3 rings (SSSR count). The molecule has 3 heteroatoms. The molecule has 1 N–H and O–H groups in total. The zero-order valence-electron chi connectivity index (χ0n) is 9.63. The Hall–Kier alpha value is -0.830. The highest BCUT2D eigenvalue weighted by Crippen LogP contribution is 2.59. The van der Waals surface area contributed by atoms with Crippen LogP contribution < -0.4 is 5.32 Å². The molecule has 0 aromatic heterocycles. The molecule has 3 nitrogen and oxygen atoms in total. The van der Waals surface area contributed by atoms with Gasteiger partial charge in [-0.05, 0) is 50.6 Å². The number of carbonyl (C=O) groups excluding carboxylic acids is 1. The van der Waals surface area contributed by atoms with Gasteiger partial charge in [-0.2, -0.15) is 0 Å². The zero-order chi connectivity index (χ0) is 11.0. The molecule has 16 heavy (non-hydrogen) atoms. The molecule has 2 aliphatic heterocycles. The molecule has 0 amide bonds. The first-order valence-electron chi connectivity index (χ1n) is 6.37. The van der Waals surface area contributed by atoms with Crippen molar-refractivity contribution in [1.29, 1.82) is 0 Å². The van der Waals surface area contributed by atoms with Crippen LogP contribution in [0.2, 0.25) is 0 Å². The summed E-state index contributed by atoms with van der Waals surface area (Å²) in [5.74, 6) is 0.684. The Balaban J connectivity index is 1.66. The smallest absolute Gasteiger partial charge is 0.165 e. The molecule has 0 aromatic carbocycles. The number of hydrogen-bond donors (Lipinski definition) is 1. The van der Waals surface area contributed by atoms with E-state index in [1.54, 1.807) is 6.26 Å². The number of allylic oxidation sites excluding steroid dienone is 1. The average Bonchev–Trinajstić information content (AvgIpc) is 3.04. The average molecular weight is 221 g/mol. The van der Waals surface area contributed by atoms with E-state index < -0.39 is 0 Å². The second-order valence-electron chi connectivity index (χ2n) is 5.35. The summed E-state index contributed by atoms with van der Waals surface area (Å²) in [6.07, 6.45) is 7.10. The number of carbonyl (C=O) groups is 1. The summed E-state index contributed by atoms with van der Waals surface area (Å²) in [5, 5.41) is 3.37. The molecular weight excluding hydrogens is 202 g/mol. The SMILES string of the molecule is O=C(C1=COCCC1)C1CC12CCNCC2. The summed E-state index contributed by atoms with van der Waals surface area (Å²) in [6.45, 7) is 2.94. The lowest BCUT2D eigenvalue weighted by Gasteiger charge is -2.23. The lowest BCUT2D eigenvalue weighted by atomic mass is 9.88. The van der Waals surface area contributed by atoms with Gasteiger partial charge in [0.05, 0.1) is 12.9 Å². The van der Waals surface area contributed by atoms with Crippen LogP contribution in [0.3, 0.4) is 0 Å². The second-order valence-corrected chi connectivity index (χ2v) is 5.35. The predicted molar refractivity (Wildman–Crippen MR) is 60.9 cm³/mol. The van der Waals surface area contributed by atoms with Crippen LogP contribution in [0.1, 0.15) is 32.1 Å². The third-order valence-corrected chi connectivity index (χ3v) is 4.36. The minimum Gasteiger partial charge on any atom is -0.501 e. The first kappa shape index (κ1) is 10.3. The normalized spacial score (nSPS) is 31.8. The van der Waals surface area contributed by atoms with Crippen molar-refractivity contribution in [2.75, 3.05) is 19.7 Å². The van der Waals surface area contributed by atoms with Crippen molar-refractivity contribution >= 4 is 5.78 Å². The molecule has 1 saturated heterocycles. The molecule has 1 atom stereocenters. The van der Waals surface area contributed by atoms with Gasteiger partial charge in [0.2, 0.25) is 0 Å². The summed E-state index contributed by atoms with van der Waals surface area (Å²) in [5.41, 5.74) is 1.30. The summed E-state index contributed by atoms with van der Waals surface area (Å²) in [6, 6.07) is 0. The van der Waals surface area contributed by atoms with E-state index in [1.807, 2.05) is 0 Å². The highest BCUT2D eigenvalue weighted by molar-refractivity contribution is 5.99. The fraction of sp³-hybridized carbons (Fsp3) is 0.769. The van der Waals surface area contributed by atoms with E-state index in [-0.39, 0.29) is 0 Å². The van der Waals surface area contributed by atoms with Gasteiger partial charge in [0.25, 0.3) is 0 Å². The molecule has 1 aliphatic carbocycles. The number of rotatable bonds is 2. The highest BCUT2D eigenvalue weighted by Gasteiger charge is 2.57. The molecule has 0 bridgehead atoms. The van der Waals surface area contributed by atoms with E-state index in [2.05, 4.69) is 5.32 Å². The molecule has 2 heterocycles. The van der Waals surface area contributed by atoms with Crippen LogP contribution in [0, 0.1) is 11.3 Å². The van der Waals surface area contributed by atoms with Crippen LogP contribution >= 0.6 is 0 Å². The molecule has 0 radical (unpaired) electrons. The summed E-state index contributed by atoms with van der Waals surface area (Å²) in [4.78, 5) is 12.3. The Labute approximate surface area is 96.2 Å². The van der Waals surface area contributed by atoms with E-state index in [0.29, 0.717) is 17.1 Å². The molecule has 88 valence electrons. The molecular formula is C13H19NO2. The van der Waals surface area contributed by atoms with Gasteiger partial charge in [-0.15, -0.1) is 0 Å². The van der Waals surface area contributed by atoms with Crippen molar-refractivity contribution in [2.45, 2.75) is 32.1 Å². The van der Waals surface area contributed by atoms with Crippen LogP contribution in [0.4, 0.5) is 0 Å². The minimum atomic E-state index is 0.308. The van der Waals surface area contributed by atoms with Crippen molar-refractivity contribution in [3.8, 4) is 0 Å². The van der Waals surface area contributed by atoms with E-state index in [9.17, 15) is 4.79 Å². The van der Waals surface area contributed by atoms with Crippen molar-refractivity contribution in [2.24, 2.45) is 11.3 Å². The Morgan fingerprint density at radius 3 is 2.94 bits per heavy atom. The third-order valence-electron chi connectivity index (χ3n) is 4.36. The number of ketones is 1. The lowest BCUT2D eigenvalue weighted by Crippen LogP contribution is -2.31. The third kappa shape index (κ3) is 1.67. The minimum absolute atomic E-state index is 0.308. The van der Waals surface area contributed by atoms with Gasteiger partial charge in [0.15, 0.2) is 5.78 Å². The number of Topliss-reactive ketones (excluding diaryl/α,β-unsaturated/α-hetero) is 1. The van der Waals surface area contributed by atoms with Gasteiger partial charge >= 0.3 is 0 Å². The maximum atomic E-state index is 12.3. The van der Waals surface area contributed by atoms with Crippen LogP contribution in [-0.2, 0) is 9.53 Å². The highest BCUT2D eigenvalue weighted by atomic mass is 16.5. The van der Waals surface area contributed by atoms with Gasteiger partial charge in [-0.1, -0.05) is 0 Å². The van der Waals surface area contributed by atoms with Gasteiger partial charge in [-0.3, -0.25) is 4.79 Å². The van der Waals surface area contributed by atoms with Crippen molar-refractivity contribution in [3.05, 3.63) is 11.8 Å². The summed E-state index contributed by atoms with van der Waals surface area (Å²) >= 11 is 0. The molecule has 0 aromatic rings. The van der Waals surface area contributed by atoms with Crippen LogP contribution in [0.5, 0.6) is 0 Å². The largest absolute Gasteiger partial charge is 0.501 e. The Bertz CT molecular complexity index is 329. The first-order chi connectivity index (χ1) is 7.82. The molecule has 1 unspecified atom stereocenters. The molecule has 2 fully saturated rings. The number of piperidine rings is 1. The number of ether oxygens (including phenoxy) is 1. The van der Waals surface area contributed by atoms with Crippen LogP contribution in [-0.4, -0.2) is 25.5 Å². The number of hydrogen-bond acceptors (Lipinski definition) is 3. The standard InChI is InChI=1S/C13H19NO2/c15-12(10-2-1-7-16-9-10)11-8-13(11)3-5-14-6-4-13/h9,11,14H,1-8H2. The molecule has 3 aliphatic rings. The van der Waals surface area contributed by atoms with Crippen LogP contribution in [0.15, 0.2) is 11.8 Å². The second kappa shape index (κ2) is 3.88. The lowest BCUT2D eigenvalue weighted by molar-refractivity contribution is -0.118. The fourth-order valence-corrected chi connectivity index (χ4v) is 3.17.